The lowest BCUT2D eigenvalue weighted by Crippen LogP contribution is -2.32. The fourth-order valence-electron chi connectivity index (χ4n) is 2.18. The van der Waals surface area contributed by atoms with Crippen LogP contribution in [0, 0.1) is 0 Å². The maximum atomic E-state index is 12.0. The van der Waals surface area contributed by atoms with Crippen LogP contribution in [0.1, 0.15) is 9.67 Å². The Morgan fingerprint density at radius 1 is 0.955 bits per heavy atom. The molecule has 0 spiro atoms. The lowest BCUT2D eigenvalue weighted by molar-refractivity contribution is -0.115. The first-order valence-electron chi connectivity index (χ1n) is 6.83. The van der Waals surface area contributed by atoms with E-state index in [9.17, 15) is 9.59 Å². The molecule has 5 heteroatoms. The molecule has 0 saturated heterocycles. The molecule has 0 radical (unpaired) electrons. The topological polar surface area (TPSA) is 58.2 Å². The van der Waals surface area contributed by atoms with Crippen LogP contribution in [0.4, 0.5) is 5.69 Å². The number of thiophene rings is 1. The van der Waals surface area contributed by atoms with Crippen LogP contribution in [0.3, 0.4) is 0 Å². The molecule has 2 N–H and O–H groups in total. The van der Waals surface area contributed by atoms with Gasteiger partial charge in [-0.25, -0.2) is 0 Å². The quantitative estimate of drug-likeness (QED) is 0.777. The summed E-state index contributed by atoms with van der Waals surface area (Å²) in [6.45, 7) is -0.0556. The molecular weight excluding hydrogens is 296 g/mol. The van der Waals surface area contributed by atoms with Gasteiger partial charge in [0, 0.05) is 11.1 Å². The number of carbonyl (C=O) groups is 2. The standard InChI is InChI=1S/C17H14N2O2S/c20-16(11-18-17(21)15-9-4-10-22-15)19-14-8-3-6-12-5-1-2-7-13(12)14/h1-10H,11H2,(H,18,21)(H,19,20). The molecule has 0 saturated carbocycles. The Bertz CT molecular complexity index is 807. The van der Waals surface area contributed by atoms with E-state index in [1.54, 1.807) is 12.1 Å². The Labute approximate surface area is 131 Å². The molecule has 0 unspecified atom stereocenters. The Hall–Kier alpha value is -2.66. The third-order valence-electron chi connectivity index (χ3n) is 3.22. The minimum Gasteiger partial charge on any atom is -0.342 e. The largest absolute Gasteiger partial charge is 0.342 e. The number of amides is 2. The van der Waals surface area contributed by atoms with Crippen LogP contribution in [0.25, 0.3) is 10.8 Å². The summed E-state index contributed by atoms with van der Waals surface area (Å²) in [6, 6.07) is 17.1. The van der Waals surface area contributed by atoms with Crippen LogP contribution in [0.15, 0.2) is 60.0 Å². The zero-order chi connectivity index (χ0) is 15.4. The van der Waals surface area contributed by atoms with Crippen molar-refractivity contribution in [3.05, 3.63) is 64.9 Å². The predicted octanol–water partition coefficient (Wildman–Crippen LogP) is 3.27. The van der Waals surface area contributed by atoms with E-state index in [4.69, 9.17) is 0 Å². The number of anilines is 1. The van der Waals surface area contributed by atoms with Crippen LogP contribution >= 0.6 is 11.3 Å². The van der Waals surface area contributed by atoms with E-state index in [1.807, 2.05) is 47.8 Å². The third kappa shape index (κ3) is 3.15. The van der Waals surface area contributed by atoms with E-state index in [2.05, 4.69) is 10.6 Å². The molecule has 1 heterocycles. The molecule has 3 aromatic rings. The fourth-order valence-corrected chi connectivity index (χ4v) is 2.82. The van der Waals surface area contributed by atoms with Gasteiger partial charge in [-0.1, -0.05) is 42.5 Å². The number of rotatable bonds is 4. The normalized spacial score (nSPS) is 10.4. The highest BCUT2D eigenvalue weighted by atomic mass is 32.1. The lowest BCUT2D eigenvalue weighted by Gasteiger charge is -2.09. The van der Waals surface area contributed by atoms with Gasteiger partial charge in [-0.2, -0.15) is 0 Å². The fraction of sp³-hybridized carbons (Fsp3) is 0.0588. The summed E-state index contributed by atoms with van der Waals surface area (Å²) < 4.78 is 0. The Kier molecular flexibility index (Phi) is 4.16. The van der Waals surface area contributed by atoms with Crippen LogP contribution in [-0.4, -0.2) is 18.4 Å². The Morgan fingerprint density at radius 3 is 2.59 bits per heavy atom. The molecule has 22 heavy (non-hydrogen) atoms. The summed E-state index contributed by atoms with van der Waals surface area (Å²) in [5, 5.41) is 9.31. The first kappa shape index (κ1) is 14.3. The van der Waals surface area contributed by atoms with Crippen molar-refractivity contribution >= 4 is 39.6 Å². The van der Waals surface area contributed by atoms with Crippen molar-refractivity contribution in [2.75, 3.05) is 11.9 Å². The van der Waals surface area contributed by atoms with Crippen molar-refractivity contribution in [1.29, 1.82) is 0 Å². The zero-order valence-electron chi connectivity index (χ0n) is 11.7. The van der Waals surface area contributed by atoms with Gasteiger partial charge in [-0.05, 0) is 22.9 Å². The second-order valence-electron chi connectivity index (χ2n) is 4.73. The summed E-state index contributed by atoms with van der Waals surface area (Å²) in [4.78, 5) is 24.4. The molecule has 0 aliphatic rings. The Balaban J connectivity index is 1.65. The van der Waals surface area contributed by atoms with E-state index in [0.717, 1.165) is 16.5 Å². The van der Waals surface area contributed by atoms with E-state index in [1.165, 1.54) is 11.3 Å². The molecule has 0 bridgehead atoms. The van der Waals surface area contributed by atoms with Gasteiger partial charge in [0.1, 0.15) is 0 Å². The summed E-state index contributed by atoms with van der Waals surface area (Å²) in [6.07, 6.45) is 0. The highest BCUT2D eigenvalue weighted by molar-refractivity contribution is 7.12. The minimum atomic E-state index is -0.249. The molecule has 2 aromatic carbocycles. The van der Waals surface area contributed by atoms with Crippen molar-refractivity contribution in [1.82, 2.24) is 5.32 Å². The second-order valence-corrected chi connectivity index (χ2v) is 5.68. The van der Waals surface area contributed by atoms with E-state index in [-0.39, 0.29) is 18.4 Å². The van der Waals surface area contributed by atoms with Crippen molar-refractivity contribution in [3.8, 4) is 0 Å². The van der Waals surface area contributed by atoms with Gasteiger partial charge in [0.05, 0.1) is 11.4 Å². The van der Waals surface area contributed by atoms with Gasteiger partial charge < -0.3 is 10.6 Å². The average molecular weight is 310 g/mol. The highest BCUT2D eigenvalue weighted by Gasteiger charge is 2.09. The van der Waals surface area contributed by atoms with Gasteiger partial charge in [0.25, 0.3) is 5.91 Å². The minimum absolute atomic E-state index is 0.0556. The molecule has 3 rings (SSSR count). The van der Waals surface area contributed by atoms with Crippen LogP contribution in [-0.2, 0) is 4.79 Å². The second kappa shape index (κ2) is 6.41. The summed E-state index contributed by atoms with van der Waals surface area (Å²) >= 11 is 1.34. The molecule has 2 amide bonds. The predicted molar refractivity (Wildman–Crippen MR) is 89.2 cm³/mol. The monoisotopic (exact) mass is 310 g/mol. The van der Waals surface area contributed by atoms with Crippen molar-refractivity contribution in [2.24, 2.45) is 0 Å². The van der Waals surface area contributed by atoms with E-state index in [0.29, 0.717) is 4.88 Å². The summed E-state index contributed by atoms with van der Waals surface area (Å²) in [5.41, 5.74) is 0.744. The maximum absolute atomic E-state index is 12.0. The summed E-state index contributed by atoms with van der Waals surface area (Å²) in [5.74, 6) is -0.482. The highest BCUT2D eigenvalue weighted by Crippen LogP contribution is 2.22. The van der Waals surface area contributed by atoms with Gasteiger partial charge in [-0.3, -0.25) is 9.59 Å². The number of carbonyl (C=O) groups excluding carboxylic acids is 2. The van der Waals surface area contributed by atoms with Gasteiger partial charge in [0.2, 0.25) is 5.91 Å². The Morgan fingerprint density at radius 2 is 1.77 bits per heavy atom. The molecule has 4 nitrogen and oxygen atoms in total. The van der Waals surface area contributed by atoms with E-state index < -0.39 is 0 Å². The summed E-state index contributed by atoms with van der Waals surface area (Å²) in [7, 11) is 0. The van der Waals surface area contributed by atoms with Crippen molar-refractivity contribution in [2.45, 2.75) is 0 Å². The first-order valence-corrected chi connectivity index (χ1v) is 7.71. The number of hydrogen-bond acceptors (Lipinski definition) is 3. The number of hydrogen-bond donors (Lipinski definition) is 2. The molecular formula is C17H14N2O2S. The van der Waals surface area contributed by atoms with Crippen LogP contribution in [0.2, 0.25) is 0 Å². The van der Waals surface area contributed by atoms with Gasteiger partial charge in [0.15, 0.2) is 0 Å². The average Bonchev–Trinajstić information content (AvgIpc) is 3.07. The number of benzene rings is 2. The smallest absolute Gasteiger partial charge is 0.261 e. The SMILES string of the molecule is O=C(CNC(=O)c1cccs1)Nc1cccc2ccccc12. The molecule has 110 valence electrons. The van der Waals surface area contributed by atoms with Gasteiger partial charge in [-0.15, -0.1) is 11.3 Å². The molecule has 0 aliphatic heterocycles. The van der Waals surface area contributed by atoms with Crippen molar-refractivity contribution in [3.63, 3.8) is 0 Å². The maximum Gasteiger partial charge on any atom is 0.261 e. The first-order chi connectivity index (χ1) is 10.7. The molecule has 1 aromatic heterocycles. The zero-order valence-corrected chi connectivity index (χ0v) is 12.5. The van der Waals surface area contributed by atoms with Gasteiger partial charge >= 0.3 is 0 Å². The number of nitrogens with one attached hydrogen (secondary N) is 2. The molecule has 0 aliphatic carbocycles. The number of fused-ring (bicyclic) bond motifs is 1. The van der Waals surface area contributed by atoms with Crippen molar-refractivity contribution < 1.29 is 9.59 Å². The lowest BCUT2D eigenvalue weighted by atomic mass is 10.1. The van der Waals surface area contributed by atoms with Crippen LogP contribution in [0.5, 0.6) is 0 Å². The van der Waals surface area contributed by atoms with E-state index >= 15 is 0 Å². The van der Waals surface area contributed by atoms with Crippen LogP contribution < -0.4 is 10.6 Å². The third-order valence-corrected chi connectivity index (χ3v) is 4.09. The molecule has 0 atom stereocenters. The molecule has 0 fully saturated rings.